The topological polar surface area (TPSA) is 67.8 Å². The number of aryl methyl sites for hydroxylation is 2. The number of benzene rings is 2. The SMILES string of the molecule is Cc1ccc(NC(=O)c2cnc(-c3ccc(F)cc3)nc2-c2ccncc2)c(C)c1. The van der Waals surface area contributed by atoms with E-state index in [9.17, 15) is 9.18 Å². The third-order valence-electron chi connectivity index (χ3n) is 4.72. The van der Waals surface area contributed by atoms with Crippen molar-refractivity contribution in [3.8, 4) is 22.6 Å². The Hall–Kier alpha value is -3.93. The van der Waals surface area contributed by atoms with Gasteiger partial charge >= 0.3 is 0 Å². The molecular weight excluding hydrogens is 379 g/mol. The molecule has 0 spiro atoms. The molecule has 0 radical (unpaired) electrons. The zero-order chi connectivity index (χ0) is 21.1. The number of nitrogens with zero attached hydrogens (tertiary/aromatic N) is 3. The minimum absolute atomic E-state index is 0.306. The van der Waals surface area contributed by atoms with Crippen LogP contribution in [0.3, 0.4) is 0 Å². The highest BCUT2D eigenvalue weighted by Crippen LogP contribution is 2.26. The number of nitrogens with one attached hydrogen (secondary N) is 1. The number of amides is 1. The van der Waals surface area contributed by atoms with Crippen molar-refractivity contribution in [1.29, 1.82) is 0 Å². The van der Waals surface area contributed by atoms with Crippen molar-refractivity contribution in [2.45, 2.75) is 13.8 Å². The van der Waals surface area contributed by atoms with Crippen LogP contribution in [0.15, 0.2) is 73.2 Å². The van der Waals surface area contributed by atoms with E-state index in [0.717, 1.165) is 22.4 Å². The van der Waals surface area contributed by atoms with Gasteiger partial charge in [-0.3, -0.25) is 9.78 Å². The molecule has 148 valence electrons. The van der Waals surface area contributed by atoms with Crippen LogP contribution in [0, 0.1) is 19.7 Å². The Labute approximate surface area is 173 Å². The van der Waals surface area contributed by atoms with Crippen LogP contribution < -0.4 is 5.32 Å². The third-order valence-corrected chi connectivity index (χ3v) is 4.72. The van der Waals surface area contributed by atoms with Gasteiger partial charge in [0.25, 0.3) is 5.91 Å². The monoisotopic (exact) mass is 398 g/mol. The van der Waals surface area contributed by atoms with E-state index in [2.05, 4.69) is 20.3 Å². The van der Waals surface area contributed by atoms with Crippen LogP contribution in [-0.4, -0.2) is 20.9 Å². The van der Waals surface area contributed by atoms with Gasteiger partial charge in [-0.2, -0.15) is 0 Å². The van der Waals surface area contributed by atoms with Crippen LogP contribution in [0.1, 0.15) is 21.5 Å². The summed E-state index contributed by atoms with van der Waals surface area (Å²) in [6.07, 6.45) is 4.78. The summed E-state index contributed by atoms with van der Waals surface area (Å²) in [5, 5.41) is 2.95. The summed E-state index contributed by atoms with van der Waals surface area (Å²) < 4.78 is 13.3. The summed E-state index contributed by atoms with van der Waals surface area (Å²) in [5.41, 5.74) is 5.04. The van der Waals surface area contributed by atoms with Gasteiger partial charge in [0.1, 0.15) is 5.82 Å². The predicted molar refractivity (Wildman–Crippen MR) is 115 cm³/mol. The molecule has 0 atom stereocenters. The fourth-order valence-corrected chi connectivity index (χ4v) is 3.16. The maximum atomic E-state index is 13.3. The molecule has 2 heterocycles. The second-order valence-corrected chi connectivity index (χ2v) is 6.97. The summed E-state index contributed by atoms with van der Waals surface area (Å²) in [6, 6.07) is 15.3. The molecule has 1 amide bonds. The molecule has 0 aliphatic heterocycles. The number of anilines is 1. The van der Waals surface area contributed by atoms with Crippen molar-refractivity contribution in [3.63, 3.8) is 0 Å². The molecule has 0 saturated heterocycles. The van der Waals surface area contributed by atoms with Crippen LogP contribution >= 0.6 is 0 Å². The van der Waals surface area contributed by atoms with Gasteiger partial charge in [-0.1, -0.05) is 17.7 Å². The Morgan fingerprint density at radius 3 is 2.37 bits per heavy atom. The number of pyridine rings is 1. The molecule has 30 heavy (non-hydrogen) atoms. The van der Waals surface area contributed by atoms with E-state index in [1.807, 2.05) is 32.0 Å². The number of hydrogen-bond acceptors (Lipinski definition) is 4. The standard InChI is InChI=1S/C24H19FN4O/c1-15-3-8-21(16(2)13-15)28-24(30)20-14-27-23(18-4-6-19(25)7-5-18)29-22(20)17-9-11-26-12-10-17/h3-14H,1-2H3,(H,28,30). The third kappa shape index (κ3) is 4.07. The van der Waals surface area contributed by atoms with E-state index in [0.29, 0.717) is 22.6 Å². The van der Waals surface area contributed by atoms with Crippen LogP contribution in [-0.2, 0) is 0 Å². The normalized spacial score (nSPS) is 10.6. The van der Waals surface area contributed by atoms with Crippen LogP contribution in [0.5, 0.6) is 0 Å². The molecule has 6 heteroatoms. The van der Waals surface area contributed by atoms with Gasteiger partial charge in [0.15, 0.2) is 5.82 Å². The van der Waals surface area contributed by atoms with Crippen molar-refractivity contribution in [2.75, 3.05) is 5.32 Å². The second kappa shape index (κ2) is 8.21. The van der Waals surface area contributed by atoms with E-state index in [1.165, 1.54) is 18.3 Å². The Morgan fingerprint density at radius 1 is 0.933 bits per heavy atom. The smallest absolute Gasteiger partial charge is 0.259 e. The Bertz CT molecular complexity index is 1210. The average Bonchev–Trinajstić information content (AvgIpc) is 2.76. The Balaban J connectivity index is 1.76. The van der Waals surface area contributed by atoms with Gasteiger partial charge in [0.05, 0.1) is 11.3 Å². The first-order valence-corrected chi connectivity index (χ1v) is 9.43. The number of carbonyl (C=O) groups is 1. The highest BCUT2D eigenvalue weighted by Gasteiger charge is 2.18. The molecule has 0 bridgehead atoms. The van der Waals surface area contributed by atoms with E-state index in [-0.39, 0.29) is 11.7 Å². The van der Waals surface area contributed by atoms with Crippen LogP contribution in [0.4, 0.5) is 10.1 Å². The maximum absolute atomic E-state index is 13.3. The van der Waals surface area contributed by atoms with Gasteiger partial charge < -0.3 is 5.32 Å². The lowest BCUT2D eigenvalue weighted by Gasteiger charge is -2.13. The van der Waals surface area contributed by atoms with E-state index in [1.54, 1.807) is 36.7 Å². The molecular formula is C24H19FN4O. The van der Waals surface area contributed by atoms with Gasteiger partial charge in [-0.05, 0) is 61.9 Å². The maximum Gasteiger partial charge on any atom is 0.259 e. The average molecular weight is 398 g/mol. The molecule has 2 aromatic heterocycles. The van der Waals surface area contributed by atoms with Gasteiger partial charge in [-0.25, -0.2) is 14.4 Å². The lowest BCUT2D eigenvalue weighted by atomic mass is 10.1. The quantitative estimate of drug-likeness (QED) is 0.512. The summed E-state index contributed by atoms with van der Waals surface area (Å²) in [4.78, 5) is 26.1. The molecule has 1 N–H and O–H groups in total. The Morgan fingerprint density at radius 2 is 1.67 bits per heavy atom. The van der Waals surface area contributed by atoms with Gasteiger partial charge in [0.2, 0.25) is 0 Å². The second-order valence-electron chi connectivity index (χ2n) is 6.97. The molecule has 5 nitrogen and oxygen atoms in total. The van der Waals surface area contributed by atoms with Crippen molar-refractivity contribution in [2.24, 2.45) is 0 Å². The summed E-state index contributed by atoms with van der Waals surface area (Å²) in [5.74, 6) is -0.234. The Kier molecular flexibility index (Phi) is 5.30. The largest absolute Gasteiger partial charge is 0.322 e. The summed E-state index contributed by atoms with van der Waals surface area (Å²) in [7, 11) is 0. The molecule has 0 aliphatic rings. The van der Waals surface area contributed by atoms with Crippen molar-refractivity contribution >= 4 is 11.6 Å². The van der Waals surface area contributed by atoms with Crippen molar-refractivity contribution in [1.82, 2.24) is 15.0 Å². The molecule has 4 rings (SSSR count). The van der Waals surface area contributed by atoms with E-state index < -0.39 is 0 Å². The fraction of sp³-hybridized carbons (Fsp3) is 0.0833. The summed E-state index contributed by atoms with van der Waals surface area (Å²) in [6.45, 7) is 3.95. The van der Waals surface area contributed by atoms with Crippen molar-refractivity contribution in [3.05, 3.63) is 95.7 Å². The number of halogens is 1. The first-order chi connectivity index (χ1) is 14.5. The van der Waals surface area contributed by atoms with Crippen molar-refractivity contribution < 1.29 is 9.18 Å². The van der Waals surface area contributed by atoms with Gasteiger partial charge in [0, 0.05) is 35.4 Å². The molecule has 4 aromatic rings. The number of carbonyl (C=O) groups excluding carboxylic acids is 1. The highest BCUT2D eigenvalue weighted by atomic mass is 19.1. The molecule has 2 aromatic carbocycles. The van der Waals surface area contributed by atoms with Gasteiger partial charge in [-0.15, -0.1) is 0 Å². The highest BCUT2D eigenvalue weighted by molar-refractivity contribution is 6.08. The molecule has 0 aliphatic carbocycles. The van der Waals surface area contributed by atoms with E-state index >= 15 is 0 Å². The number of hydrogen-bond donors (Lipinski definition) is 1. The van der Waals surface area contributed by atoms with E-state index in [4.69, 9.17) is 0 Å². The number of rotatable bonds is 4. The summed E-state index contributed by atoms with van der Waals surface area (Å²) >= 11 is 0. The first-order valence-electron chi connectivity index (χ1n) is 9.43. The minimum Gasteiger partial charge on any atom is -0.322 e. The molecule has 0 unspecified atom stereocenters. The minimum atomic E-state index is -0.336. The lowest BCUT2D eigenvalue weighted by molar-refractivity contribution is 0.102. The lowest BCUT2D eigenvalue weighted by Crippen LogP contribution is -2.15. The molecule has 0 fully saturated rings. The van der Waals surface area contributed by atoms with Crippen LogP contribution in [0.25, 0.3) is 22.6 Å². The molecule has 0 saturated carbocycles. The zero-order valence-corrected chi connectivity index (χ0v) is 16.6. The predicted octanol–water partition coefficient (Wildman–Crippen LogP) is 5.21. The number of aromatic nitrogens is 3. The van der Waals surface area contributed by atoms with Crippen LogP contribution in [0.2, 0.25) is 0 Å². The first kappa shape index (κ1) is 19.4. The zero-order valence-electron chi connectivity index (χ0n) is 16.6. The fourth-order valence-electron chi connectivity index (χ4n) is 3.16.